The zero-order valence-corrected chi connectivity index (χ0v) is 12.2. The van der Waals surface area contributed by atoms with Crippen LogP contribution in [0.3, 0.4) is 0 Å². The molecule has 0 aliphatic carbocycles. The molecule has 0 saturated carbocycles. The van der Waals surface area contributed by atoms with Gasteiger partial charge in [-0.1, -0.05) is 24.3 Å². The third kappa shape index (κ3) is 4.53. The van der Waals surface area contributed by atoms with Crippen LogP contribution in [-0.4, -0.2) is 31.0 Å². The summed E-state index contributed by atoms with van der Waals surface area (Å²) in [7, 11) is 1.79. The Morgan fingerprint density at radius 1 is 1.14 bits per heavy atom. The van der Waals surface area contributed by atoms with E-state index in [4.69, 9.17) is 10.5 Å². The van der Waals surface area contributed by atoms with E-state index >= 15 is 0 Å². The van der Waals surface area contributed by atoms with E-state index in [1.807, 2.05) is 30.3 Å². The lowest BCUT2D eigenvalue weighted by Crippen LogP contribution is -2.28. The smallest absolute Gasteiger partial charge is 0.253 e. The molecule has 2 aromatic carbocycles. The van der Waals surface area contributed by atoms with Crippen LogP contribution in [0.2, 0.25) is 0 Å². The van der Waals surface area contributed by atoms with Crippen molar-refractivity contribution in [1.29, 1.82) is 0 Å². The second-order valence-electron chi connectivity index (χ2n) is 4.87. The van der Waals surface area contributed by atoms with E-state index in [1.54, 1.807) is 36.2 Å². The number of hydrogen-bond donors (Lipinski definition) is 1. The van der Waals surface area contributed by atoms with Crippen LogP contribution in [-0.2, 0) is 0 Å². The number of nitrogens with two attached hydrogens (primary N) is 1. The van der Waals surface area contributed by atoms with Crippen molar-refractivity contribution in [3.63, 3.8) is 0 Å². The van der Waals surface area contributed by atoms with E-state index < -0.39 is 0 Å². The van der Waals surface area contributed by atoms with Crippen LogP contribution in [0.4, 0.5) is 5.69 Å². The minimum absolute atomic E-state index is 0.0259. The van der Waals surface area contributed by atoms with E-state index in [0.29, 0.717) is 24.4 Å². The van der Waals surface area contributed by atoms with Gasteiger partial charge in [0.2, 0.25) is 0 Å². The minimum Gasteiger partial charge on any atom is -0.494 e. The monoisotopic (exact) mass is 284 g/mol. The molecule has 2 rings (SSSR count). The highest BCUT2D eigenvalue weighted by Crippen LogP contribution is 2.10. The molecule has 2 N–H and O–H groups in total. The van der Waals surface area contributed by atoms with Crippen LogP contribution in [0.15, 0.2) is 54.6 Å². The van der Waals surface area contributed by atoms with Gasteiger partial charge in [0, 0.05) is 24.8 Å². The molecule has 0 aliphatic rings. The lowest BCUT2D eigenvalue weighted by Gasteiger charge is -2.17. The Balaban J connectivity index is 1.76. The standard InChI is InChI=1S/C17H20N2O2/c1-19(17(20)14-7-5-8-15(18)13-14)11-6-12-21-16-9-3-2-4-10-16/h2-5,7-10,13H,6,11-12,18H2,1H3. The molecule has 21 heavy (non-hydrogen) atoms. The molecule has 0 heterocycles. The second kappa shape index (κ2) is 7.33. The number of benzene rings is 2. The number of nitrogen functional groups attached to an aromatic ring is 1. The number of ether oxygens (including phenoxy) is 1. The fourth-order valence-electron chi connectivity index (χ4n) is 2.00. The number of carbonyl (C=O) groups is 1. The Morgan fingerprint density at radius 2 is 1.90 bits per heavy atom. The topological polar surface area (TPSA) is 55.6 Å². The summed E-state index contributed by atoms with van der Waals surface area (Å²) in [5, 5.41) is 0. The summed E-state index contributed by atoms with van der Waals surface area (Å²) >= 11 is 0. The number of para-hydroxylation sites is 1. The normalized spacial score (nSPS) is 10.1. The maximum absolute atomic E-state index is 12.2. The van der Waals surface area contributed by atoms with Crippen molar-refractivity contribution in [2.45, 2.75) is 6.42 Å². The number of nitrogens with zero attached hydrogens (tertiary/aromatic N) is 1. The molecule has 2 aromatic rings. The lowest BCUT2D eigenvalue weighted by atomic mass is 10.2. The quantitative estimate of drug-likeness (QED) is 0.655. The first-order valence-corrected chi connectivity index (χ1v) is 6.95. The van der Waals surface area contributed by atoms with Gasteiger partial charge in [-0.2, -0.15) is 0 Å². The molecule has 4 nitrogen and oxygen atoms in total. The van der Waals surface area contributed by atoms with Crippen LogP contribution in [0.25, 0.3) is 0 Å². The number of rotatable bonds is 6. The first-order valence-electron chi connectivity index (χ1n) is 6.95. The number of anilines is 1. The van der Waals surface area contributed by atoms with Crippen LogP contribution in [0.5, 0.6) is 5.75 Å². The van der Waals surface area contributed by atoms with E-state index in [0.717, 1.165) is 12.2 Å². The van der Waals surface area contributed by atoms with E-state index in [-0.39, 0.29) is 5.91 Å². The molecule has 110 valence electrons. The highest BCUT2D eigenvalue weighted by Gasteiger charge is 2.11. The molecule has 0 fully saturated rings. The number of carbonyl (C=O) groups excluding carboxylic acids is 1. The summed E-state index contributed by atoms with van der Waals surface area (Å²) in [6.45, 7) is 1.22. The van der Waals surface area contributed by atoms with Gasteiger partial charge in [0.15, 0.2) is 0 Å². The Kier molecular flexibility index (Phi) is 5.21. The average Bonchev–Trinajstić information content (AvgIpc) is 2.51. The molecule has 0 aliphatic heterocycles. The lowest BCUT2D eigenvalue weighted by molar-refractivity contribution is 0.0788. The van der Waals surface area contributed by atoms with Gasteiger partial charge < -0.3 is 15.4 Å². The van der Waals surface area contributed by atoms with Crippen molar-refractivity contribution in [2.24, 2.45) is 0 Å². The van der Waals surface area contributed by atoms with Crippen molar-refractivity contribution in [3.8, 4) is 5.75 Å². The molecule has 0 unspecified atom stereocenters. The second-order valence-corrected chi connectivity index (χ2v) is 4.87. The minimum atomic E-state index is -0.0259. The molecular weight excluding hydrogens is 264 g/mol. The summed E-state index contributed by atoms with van der Waals surface area (Å²) in [4.78, 5) is 13.9. The predicted molar refractivity (Wildman–Crippen MR) is 84.4 cm³/mol. The van der Waals surface area contributed by atoms with E-state index in [2.05, 4.69) is 0 Å². The van der Waals surface area contributed by atoms with Gasteiger partial charge in [0.1, 0.15) is 5.75 Å². The van der Waals surface area contributed by atoms with Crippen molar-refractivity contribution in [3.05, 3.63) is 60.2 Å². The molecular formula is C17H20N2O2. The third-order valence-electron chi connectivity index (χ3n) is 3.13. The van der Waals surface area contributed by atoms with Crippen molar-refractivity contribution >= 4 is 11.6 Å². The molecule has 0 bridgehead atoms. The van der Waals surface area contributed by atoms with Crippen molar-refractivity contribution < 1.29 is 9.53 Å². The predicted octanol–water partition coefficient (Wildman–Crippen LogP) is 2.81. The fourth-order valence-corrected chi connectivity index (χ4v) is 2.00. The first-order chi connectivity index (χ1) is 10.2. The van der Waals surface area contributed by atoms with Crippen LogP contribution in [0.1, 0.15) is 16.8 Å². The van der Waals surface area contributed by atoms with Gasteiger partial charge in [-0.25, -0.2) is 0 Å². The zero-order valence-electron chi connectivity index (χ0n) is 12.2. The van der Waals surface area contributed by atoms with Crippen LogP contribution >= 0.6 is 0 Å². The van der Waals surface area contributed by atoms with Crippen molar-refractivity contribution in [1.82, 2.24) is 4.90 Å². The molecule has 1 amide bonds. The number of hydrogen-bond acceptors (Lipinski definition) is 3. The van der Waals surface area contributed by atoms with E-state index in [1.165, 1.54) is 0 Å². The first kappa shape index (κ1) is 14.9. The largest absolute Gasteiger partial charge is 0.494 e. The number of amides is 1. The molecule has 0 saturated heterocycles. The summed E-state index contributed by atoms with van der Waals surface area (Å²) in [5.74, 6) is 0.823. The summed E-state index contributed by atoms with van der Waals surface area (Å²) < 4.78 is 5.60. The fraction of sp³-hybridized carbons (Fsp3) is 0.235. The molecule has 4 heteroatoms. The van der Waals surface area contributed by atoms with Crippen LogP contribution < -0.4 is 10.5 Å². The molecule has 0 aromatic heterocycles. The SMILES string of the molecule is CN(CCCOc1ccccc1)C(=O)c1cccc(N)c1. The van der Waals surface area contributed by atoms with Crippen molar-refractivity contribution in [2.75, 3.05) is 25.9 Å². The Hall–Kier alpha value is -2.49. The summed E-state index contributed by atoms with van der Waals surface area (Å²) in [5.41, 5.74) is 6.90. The Morgan fingerprint density at radius 3 is 2.62 bits per heavy atom. The molecule has 0 radical (unpaired) electrons. The highest BCUT2D eigenvalue weighted by atomic mass is 16.5. The average molecular weight is 284 g/mol. The summed E-state index contributed by atoms with van der Waals surface area (Å²) in [6.07, 6.45) is 0.777. The Labute approximate surface area is 125 Å². The van der Waals surface area contributed by atoms with E-state index in [9.17, 15) is 4.79 Å². The maximum Gasteiger partial charge on any atom is 0.253 e. The van der Waals surface area contributed by atoms with Gasteiger partial charge in [-0.15, -0.1) is 0 Å². The van der Waals surface area contributed by atoms with Gasteiger partial charge in [0.25, 0.3) is 5.91 Å². The highest BCUT2D eigenvalue weighted by molar-refractivity contribution is 5.94. The third-order valence-corrected chi connectivity index (χ3v) is 3.13. The van der Waals surface area contributed by atoms with Gasteiger partial charge in [-0.3, -0.25) is 4.79 Å². The zero-order chi connectivity index (χ0) is 15.1. The van der Waals surface area contributed by atoms with Gasteiger partial charge in [-0.05, 0) is 36.8 Å². The molecule has 0 atom stereocenters. The summed E-state index contributed by atoms with van der Waals surface area (Å²) in [6, 6.07) is 16.7. The van der Waals surface area contributed by atoms with Gasteiger partial charge >= 0.3 is 0 Å². The van der Waals surface area contributed by atoms with Crippen LogP contribution in [0, 0.1) is 0 Å². The maximum atomic E-state index is 12.2. The van der Waals surface area contributed by atoms with Gasteiger partial charge in [0.05, 0.1) is 6.61 Å². The Bertz CT molecular complexity index is 584. The molecule has 0 spiro atoms.